The van der Waals surface area contributed by atoms with Crippen molar-refractivity contribution >= 4 is 18.5 Å². The highest BCUT2D eigenvalue weighted by molar-refractivity contribution is 5.97. The Kier molecular flexibility index (Phi) is 2.13. The number of nitrogens with zero attached hydrogens (tertiary/aromatic N) is 4. The van der Waals surface area contributed by atoms with Crippen molar-refractivity contribution in [2.75, 3.05) is 26.3 Å². The van der Waals surface area contributed by atoms with Crippen LogP contribution >= 0.6 is 0 Å². The zero-order chi connectivity index (χ0) is 10.1. The first-order valence-electron chi connectivity index (χ1n) is 5.15. The van der Waals surface area contributed by atoms with Crippen LogP contribution in [0.1, 0.15) is 0 Å². The van der Waals surface area contributed by atoms with Crippen LogP contribution in [0.4, 0.5) is 0 Å². The molecule has 0 bridgehead atoms. The van der Waals surface area contributed by atoms with Crippen molar-refractivity contribution in [2.24, 2.45) is 15.0 Å². The number of nitrogens with one attached hydrogen (secondary N) is 1. The molecule has 1 N–H and O–H groups in total. The molecule has 0 spiro atoms. The van der Waals surface area contributed by atoms with Crippen LogP contribution in [0, 0.1) is 0 Å². The first-order chi connectivity index (χ1) is 7.45. The lowest BCUT2D eigenvalue weighted by Gasteiger charge is -2.34. The van der Waals surface area contributed by atoms with Crippen LogP contribution in [-0.2, 0) is 4.74 Å². The Morgan fingerprint density at radius 2 is 2.20 bits per heavy atom. The zero-order valence-electron chi connectivity index (χ0n) is 8.33. The van der Waals surface area contributed by atoms with Gasteiger partial charge in [-0.2, -0.15) is 0 Å². The number of fused-ring (bicyclic) bond motifs is 1. The van der Waals surface area contributed by atoms with Crippen molar-refractivity contribution < 1.29 is 4.74 Å². The van der Waals surface area contributed by atoms with E-state index in [9.17, 15) is 0 Å². The topological polar surface area (TPSA) is 61.6 Å². The summed E-state index contributed by atoms with van der Waals surface area (Å²) in [5.41, 5.74) is 0. The number of morpholine rings is 1. The Balaban J connectivity index is 1.79. The fourth-order valence-corrected chi connectivity index (χ4v) is 2.02. The summed E-state index contributed by atoms with van der Waals surface area (Å²) in [6.07, 6.45) is 3.30. The first-order valence-corrected chi connectivity index (χ1v) is 5.15. The van der Waals surface area contributed by atoms with Crippen LogP contribution < -0.4 is 5.32 Å². The minimum Gasteiger partial charge on any atom is -0.378 e. The standard InChI is InChI=1S/C9H13N5O/c1-3-15-4-2-14(1)9-7-8(11-5-10-7)12-6-13-9/h5-8H,1-4H2,(H,10,11). The molecule has 3 aliphatic heterocycles. The maximum atomic E-state index is 5.32. The highest BCUT2D eigenvalue weighted by Gasteiger charge is 2.33. The summed E-state index contributed by atoms with van der Waals surface area (Å²) in [4.78, 5) is 15.0. The molecule has 0 aromatic carbocycles. The zero-order valence-corrected chi connectivity index (χ0v) is 8.33. The van der Waals surface area contributed by atoms with Gasteiger partial charge in [-0.25, -0.2) is 15.0 Å². The van der Waals surface area contributed by atoms with Crippen LogP contribution in [0.3, 0.4) is 0 Å². The molecule has 0 amide bonds. The molecule has 0 radical (unpaired) electrons. The van der Waals surface area contributed by atoms with Crippen LogP contribution in [0.2, 0.25) is 0 Å². The molecule has 0 saturated carbocycles. The van der Waals surface area contributed by atoms with E-state index < -0.39 is 0 Å². The van der Waals surface area contributed by atoms with E-state index in [1.54, 1.807) is 12.7 Å². The minimum absolute atomic E-state index is 0.0275. The second-order valence-electron chi connectivity index (χ2n) is 3.69. The first kappa shape index (κ1) is 8.84. The lowest BCUT2D eigenvalue weighted by atomic mass is 10.2. The van der Waals surface area contributed by atoms with Crippen molar-refractivity contribution in [2.45, 2.75) is 12.2 Å². The molecule has 3 heterocycles. The summed E-state index contributed by atoms with van der Waals surface area (Å²) in [6, 6.07) is 0.119. The van der Waals surface area contributed by atoms with Crippen LogP contribution in [0.15, 0.2) is 15.0 Å². The van der Waals surface area contributed by atoms with Gasteiger partial charge in [-0.15, -0.1) is 0 Å². The maximum absolute atomic E-state index is 5.32. The average Bonchev–Trinajstić information content (AvgIpc) is 2.78. The molecular formula is C9H13N5O. The van der Waals surface area contributed by atoms with E-state index >= 15 is 0 Å². The summed E-state index contributed by atoms with van der Waals surface area (Å²) in [5.74, 6) is 1.04. The second kappa shape index (κ2) is 3.62. The van der Waals surface area contributed by atoms with Gasteiger partial charge in [0, 0.05) is 13.1 Å². The van der Waals surface area contributed by atoms with Crippen LogP contribution in [0.5, 0.6) is 0 Å². The van der Waals surface area contributed by atoms with Gasteiger partial charge in [-0.3, -0.25) is 0 Å². The number of ether oxygens (including phenoxy) is 1. The SMILES string of the molecule is C1=NC2N=CNC2C(N2CCOCC2)=N1. The molecule has 3 aliphatic rings. The molecule has 0 aromatic heterocycles. The number of hydrogen-bond acceptors (Lipinski definition) is 6. The van der Waals surface area contributed by atoms with Gasteiger partial charge in [-0.05, 0) is 0 Å². The maximum Gasteiger partial charge on any atom is 0.170 e. The second-order valence-corrected chi connectivity index (χ2v) is 3.69. The Labute approximate surface area is 87.8 Å². The van der Waals surface area contributed by atoms with E-state index in [-0.39, 0.29) is 12.2 Å². The summed E-state index contributed by atoms with van der Waals surface area (Å²) in [7, 11) is 0. The van der Waals surface area contributed by atoms with Crippen molar-refractivity contribution in [3.8, 4) is 0 Å². The summed E-state index contributed by atoms with van der Waals surface area (Å²) in [6.45, 7) is 3.35. The van der Waals surface area contributed by atoms with E-state index in [4.69, 9.17) is 4.74 Å². The molecule has 80 valence electrons. The van der Waals surface area contributed by atoms with E-state index in [2.05, 4.69) is 25.2 Å². The minimum atomic E-state index is -0.0275. The number of amidine groups is 1. The van der Waals surface area contributed by atoms with E-state index in [0.717, 1.165) is 32.1 Å². The molecule has 1 saturated heterocycles. The number of rotatable bonds is 0. The molecule has 0 aliphatic carbocycles. The third-order valence-electron chi connectivity index (χ3n) is 2.80. The van der Waals surface area contributed by atoms with Gasteiger partial charge in [0.2, 0.25) is 0 Å². The van der Waals surface area contributed by atoms with Crippen molar-refractivity contribution in [3.05, 3.63) is 0 Å². The van der Waals surface area contributed by atoms with Crippen LogP contribution in [0.25, 0.3) is 0 Å². The van der Waals surface area contributed by atoms with Gasteiger partial charge in [0.05, 0.1) is 19.6 Å². The molecule has 15 heavy (non-hydrogen) atoms. The summed E-state index contributed by atoms with van der Waals surface area (Å²) in [5, 5.41) is 3.19. The third kappa shape index (κ3) is 1.50. The molecule has 2 unspecified atom stereocenters. The van der Waals surface area contributed by atoms with Crippen molar-refractivity contribution in [1.82, 2.24) is 10.2 Å². The van der Waals surface area contributed by atoms with E-state index in [1.807, 2.05) is 0 Å². The Bertz CT molecular complexity index is 331. The quantitative estimate of drug-likeness (QED) is 0.559. The third-order valence-corrected chi connectivity index (χ3v) is 2.80. The largest absolute Gasteiger partial charge is 0.378 e. The summed E-state index contributed by atoms with van der Waals surface area (Å²) < 4.78 is 5.32. The average molecular weight is 207 g/mol. The smallest absolute Gasteiger partial charge is 0.170 e. The van der Waals surface area contributed by atoms with Gasteiger partial charge in [0.15, 0.2) is 6.17 Å². The lowest BCUT2D eigenvalue weighted by Crippen LogP contribution is -2.52. The molecule has 0 aromatic rings. The summed E-state index contributed by atoms with van der Waals surface area (Å²) >= 11 is 0. The fraction of sp³-hybridized carbons (Fsp3) is 0.667. The monoisotopic (exact) mass is 207 g/mol. The Morgan fingerprint density at radius 1 is 1.33 bits per heavy atom. The van der Waals surface area contributed by atoms with E-state index in [0.29, 0.717) is 0 Å². The van der Waals surface area contributed by atoms with Gasteiger partial charge in [0.25, 0.3) is 0 Å². The molecule has 6 heteroatoms. The predicted octanol–water partition coefficient (Wildman–Crippen LogP) is -0.915. The van der Waals surface area contributed by atoms with Gasteiger partial charge < -0.3 is 15.0 Å². The van der Waals surface area contributed by atoms with Gasteiger partial charge in [0.1, 0.15) is 18.2 Å². The Morgan fingerprint density at radius 3 is 3.07 bits per heavy atom. The van der Waals surface area contributed by atoms with E-state index in [1.165, 1.54) is 0 Å². The lowest BCUT2D eigenvalue weighted by molar-refractivity contribution is 0.0664. The van der Waals surface area contributed by atoms with Gasteiger partial charge >= 0.3 is 0 Å². The molecule has 6 nitrogen and oxygen atoms in total. The van der Waals surface area contributed by atoms with Crippen molar-refractivity contribution in [3.63, 3.8) is 0 Å². The van der Waals surface area contributed by atoms with Crippen molar-refractivity contribution in [1.29, 1.82) is 0 Å². The molecule has 2 atom stereocenters. The predicted molar refractivity (Wildman–Crippen MR) is 57.5 cm³/mol. The Hall–Kier alpha value is -1.43. The molecule has 3 rings (SSSR count). The highest BCUT2D eigenvalue weighted by Crippen LogP contribution is 2.14. The molecule has 1 fully saturated rings. The number of aliphatic imine (C=N–C) groups is 3. The normalized spacial score (nSPS) is 33.6. The van der Waals surface area contributed by atoms with Crippen LogP contribution in [-0.4, -0.2) is 61.9 Å². The highest BCUT2D eigenvalue weighted by atomic mass is 16.5. The molecular weight excluding hydrogens is 194 g/mol. The van der Waals surface area contributed by atoms with Gasteiger partial charge in [-0.1, -0.05) is 0 Å². The number of hydrogen-bond donors (Lipinski definition) is 1. The fourth-order valence-electron chi connectivity index (χ4n) is 2.02.